The lowest BCUT2D eigenvalue weighted by atomic mass is 9.45. The Labute approximate surface area is 378 Å². The lowest BCUT2D eigenvalue weighted by Gasteiger charge is -2.68. The molecule has 5 fully saturated rings. The third kappa shape index (κ3) is 8.13. The minimum absolute atomic E-state index is 0.0528. The summed E-state index contributed by atoms with van der Waals surface area (Å²) >= 11 is 0. The van der Waals surface area contributed by atoms with Gasteiger partial charge in [-0.3, -0.25) is 14.7 Å². The lowest BCUT2D eigenvalue weighted by molar-refractivity contribution is -0.345. The van der Waals surface area contributed by atoms with Crippen LogP contribution >= 0.6 is 0 Å². The molecule has 1 amide bonds. The average Bonchev–Trinajstić information content (AvgIpc) is 3.65. The number of fused-ring (bicyclic) bond motifs is 8. The van der Waals surface area contributed by atoms with E-state index in [0.29, 0.717) is 36.6 Å². The number of hydrogen-bond donors (Lipinski definition) is 3. The first-order chi connectivity index (χ1) is 30.5. The lowest BCUT2D eigenvalue weighted by Crippen LogP contribution is -2.79. The van der Waals surface area contributed by atoms with Gasteiger partial charge in [0.2, 0.25) is 0 Å². The van der Waals surface area contributed by atoms with E-state index in [0.717, 1.165) is 19.0 Å². The molecule has 3 aliphatic carbocycles. The van der Waals surface area contributed by atoms with Crippen LogP contribution in [0.25, 0.3) is 0 Å². The number of hydrogen-bond acceptors (Lipinski definition) is 15. The van der Waals surface area contributed by atoms with E-state index in [2.05, 4.69) is 22.1 Å². The summed E-state index contributed by atoms with van der Waals surface area (Å²) in [5.41, 5.74) is -6.06. The van der Waals surface area contributed by atoms with Gasteiger partial charge in [-0.25, -0.2) is 18.8 Å². The second kappa shape index (κ2) is 17.0. The van der Waals surface area contributed by atoms with E-state index in [1.54, 1.807) is 58.0 Å². The van der Waals surface area contributed by atoms with Gasteiger partial charge in [-0.2, -0.15) is 0 Å². The summed E-state index contributed by atoms with van der Waals surface area (Å²) in [6.07, 6.45) is -6.30. The molecule has 65 heavy (non-hydrogen) atoms. The molecule has 0 spiro atoms. The van der Waals surface area contributed by atoms with Crippen molar-refractivity contribution in [3.05, 3.63) is 76.9 Å². The zero-order chi connectivity index (χ0) is 47.0. The maximum absolute atomic E-state index is 15.4. The van der Waals surface area contributed by atoms with Crippen molar-refractivity contribution in [1.82, 2.24) is 15.2 Å². The van der Waals surface area contributed by atoms with E-state index >= 15 is 4.39 Å². The first-order valence-corrected chi connectivity index (χ1v) is 22.5. The standard InChI is InChI=1S/C48H62FN3O13/c1-25-18-21-52(25)23-32-61-37-33-26(2)30(60-42(56)36(54)35(34-29(49)16-13-20-50-34)51-43(57)65-44(4,5)6)22-48(58,45(33,7)8)40(63-41(55)28-14-11-10-12-15-28)38-46(9,39(37)62-32)19-17-31-47(38,24-59-31)64-27(3)53/h10-16,20,25,30-32,35-40,54,58H,17-19,21-24H2,1-9H3,(H,51,57)/t25-,30-,31+,32+,35-,36+,37+,38-,39+,40-,46+,47-,48+/m0/s1. The number of esters is 3. The van der Waals surface area contributed by atoms with E-state index in [1.165, 1.54) is 19.2 Å². The molecule has 3 aliphatic heterocycles. The molecule has 16 nitrogen and oxygen atoms in total. The molecule has 3 N–H and O–H groups in total. The van der Waals surface area contributed by atoms with Crippen molar-refractivity contribution in [2.75, 3.05) is 19.7 Å². The molecule has 354 valence electrons. The number of aliphatic hydroxyl groups is 2. The quantitative estimate of drug-likeness (QED) is 0.162. The van der Waals surface area contributed by atoms with Crippen molar-refractivity contribution in [1.29, 1.82) is 0 Å². The molecule has 1 aromatic carbocycles. The predicted octanol–water partition coefficient (Wildman–Crippen LogP) is 5.10. The van der Waals surface area contributed by atoms with Gasteiger partial charge in [-0.15, -0.1) is 0 Å². The number of halogens is 1. The molecule has 2 saturated carbocycles. The van der Waals surface area contributed by atoms with Crippen LogP contribution < -0.4 is 5.32 Å². The number of nitrogens with one attached hydrogen (secondary N) is 1. The van der Waals surface area contributed by atoms with Crippen molar-refractivity contribution in [3.8, 4) is 0 Å². The van der Waals surface area contributed by atoms with Crippen LogP contribution in [0.2, 0.25) is 0 Å². The highest BCUT2D eigenvalue weighted by atomic mass is 19.1. The number of carbonyl (C=O) groups is 4. The van der Waals surface area contributed by atoms with Gasteiger partial charge in [0.15, 0.2) is 18.0 Å². The largest absolute Gasteiger partial charge is 0.456 e. The number of alkyl carbamates (subject to hydrolysis) is 1. The Kier molecular flexibility index (Phi) is 12.3. The van der Waals surface area contributed by atoms with E-state index in [4.69, 9.17) is 33.2 Å². The molecule has 6 aliphatic rings. The summed E-state index contributed by atoms with van der Waals surface area (Å²) in [4.78, 5) is 61.5. The molecular weight excluding hydrogens is 846 g/mol. The number of likely N-dealkylation sites (tertiary alicyclic amines) is 1. The summed E-state index contributed by atoms with van der Waals surface area (Å²) in [6, 6.07) is 9.23. The summed E-state index contributed by atoms with van der Waals surface area (Å²) in [5.74, 6) is -4.52. The molecule has 1 aromatic heterocycles. The Morgan fingerprint density at radius 3 is 2.37 bits per heavy atom. The SMILES string of the molecule is CC(=O)O[C@@]12CO[C@@H]1CC[C@@]1(C)[C@@H]3O[C@H](CN4CC[C@@H]4C)O[C@@H]3C3=C(C)[C@@H](OC(=O)[C@H](O)[C@@H](NC(=O)OC(C)(C)C)c4ncccc4F)C[C@@](O)([C@@H](OC(=O)c4ccccc4)[C@@H]12)C3(C)C. The number of aliphatic hydroxyl groups excluding tert-OH is 1. The Bertz CT molecular complexity index is 2220. The first kappa shape index (κ1) is 47.0. The number of ether oxygens (including phenoxy) is 7. The van der Waals surface area contributed by atoms with Gasteiger partial charge in [-0.1, -0.05) is 39.0 Å². The third-order valence-electron chi connectivity index (χ3n) is 15.0. The van der Waals surface area contributed by atoms with Crippen LogP contribution in [-0.2, 0) is 42.7 Å². The summed E-state index contributed by atoms with van der Waals surface area (Å²) < 4.78 is 60.2. The molecule has 2 aromatic rings. The zero-order valence-electron chi connectivity index (χ0n) is 38.5. The van der Waals surface area contributed by atoms with Gasteiger partial charge in [0, 0.05) is 49.5 Å². The summed E-state index contributed by atoms with van der Waals surface area (Å²) in [7, 11) is 0. The number of pyridine rings is 1. The molecule has 2 bridgehead atoms. The van der Waals surface area contributed by atoms with Crippen molar-refractivity contribution < 1.29 is 66.9 Å². The van der Waals surface area contributed by atoms with E-state index < -0.39 is 118 Å². The minimum atomic E-state index is -2.24. The van der Waals surface area contributed by atoms with Crippen LogP contribution in [0.4, 0.5) is 9.18 Å². The number of nitrogens with zero attached hydrogens (tertiary/aromatic N) is 2. The maximum atomic E-state index is 15.4. The number of amides is 1. The Balaban J connectivity index is 1.27. The van der Waals surface area contributed by atoms with E-state index in [9.17, 15) is 29.4 Å². The average molecular weight is 908 g/mol. The van der Waals surface area contributed by atoms with Gasteiger partial charge in [0.05, 0.1) is 24.2 Å². The third-order valence-corrected chi connectivity index (χ3v) is 15.0. The number of carbonyl (C=O) groups excluding carboxylic acids is 4. The Morgan fingerprint density at radius 1 is 1.05 bits per heavy atom. The van der Waals surface area contributed by atoms with Crippen LogP contribution in [0, 0.1) is 22.6 Å². The van der Waals surface area contributed by atoms with Crippen LogP contribution in [0.5, 0.6) is 0 Å². The van der Waals surface area contributed by atoms with Crippen molar-refractivity contribution >= 4 is 24.0 Å². The van der Waals surface area contributed by atoms with Gasteiger partial charge >= 0.3 is 24.0 Å². The molecule has 4 heterocycles. The van der Waals surface area contributed by atoms with Crippen molar-refractivity contribution in [2.45, 2.75) is 160 Å². The molecule has 0 radical (unpaired) electrons. The number of rotatable bonds is 10. The number of aromatic nitrogens is 1. The zero-order valence-corrected chi connectivity index (χ0v) is 38.5. The molecule has 13 atom stereocenters. The fraction of sp³-hybridized carbons (Fsp3) is 0.646. The highest BCUT2D eigenvalue weighted by molar-refractivity contribution is 5.89. The molecule has 0 unspecified atom stereocenters. The second-order valence-electron chi connectivity index (χ2n) is 20.5. The smallest absolute Gasteiger partial charge is 0.408 e. The van der Waals surface area contributed by atoms with Gasteiger partial charge in [-0.05, 0) is 89.3 Å². The van der Waals surface area contributed by atoms with Crippen LogP contribution in [0.3, 0.4) is 0 Å². The van der Waals surface area contributed by atoms with Crippen molar-refractivity contribution in [2.24, 2.45) is 16.7 Å². The fourth-order valence-electron chi connectivity index (χ4n) is 11.5. The summed E-state index contributed by atoms with van der Waals surface area (Å²) in [5, 5.41) is 28.1. The summed E-state index contributed by atoms with van der Waals surface area (Å²) in [6.45, 7) is 16.9. The topological polar surface area (TPSA) is 202 Å². The van der Waals surface area contributed by atoms with Crippen LogP contribution in [0.1, 0.15) is 110 Å². The van der Waals surface area contributed by atoms with Gasteiger partial charge in [0.1, 0.15) is 53.2 Å². The predicted molar refractivity (Wildman–Crippen MR) is 228 cm³/mol. The molecular formula is C48H62FN3O13. The van der Waals surface area contributed by atoms with Gasteiger partial charge < -0.3 is 48.7 Å². The minimum Gasteiger partial charge on any atom is -0.456 e. The molecule has 8 rings (SSSR count). The normalized spacial score (nSPS) is 35.8. The van der Waals surface area contributed by atoms with Gasteiger partial charge in [0.25, 0.3) is 0 Å². The fourth-order valence-corrected chi connectivity index (χ4v) is 11.5. The monoisotopic (exact) mass is 907 g/mol. The van der Waals surface area contributed by atoms with E-state index in [1.807, 2.05) is 20.8 Å². The van der Waals surface area contributed by atoms with E-state index in [-0.39, 0.29) is 18.6 Å². The second-order valence-corrected chi connectivity index (χ2v) is 20.5. The molecule has 3 saturated heterocycles. The van der Waals surface area contributed by atoms with Crippen molar-refractivity contribution in [3.63, 3.8) is 0 Å². The van der Waals surface area contributed by atoms with Crippen LogP contribution in [0.15, 0.2) is 59.8 Å². The Morgan fingerprint density at radius 2 is 1.77 bits per heavy atom. The highest BCUT2D eigenvalue weighted by Gasteiger charge is 2.77. The highest BCUT2D eigenvalue weighted by Crippen LogP contribution is 2.66. The molecule has 17 heteroatoms. The first-order valence-electron chi connectivity index (χ1n) is 22.5. The Hall–Kier alpha value is -4.52. The maximum Gasteiger partial charge on any atom is 0.408 e. The number of benzene rings is 1. The van der Waals surface area contributed by atoms with Crippen LogP contribution in [-0.4, -0.2) is 130 Å².